The zero-order valence-electron chi connectivity index (χ0n) is 7.91. The molecule has 0 amide bonds. The van der Waals surface area contributed by atoms with Gasteiger partial charge in [-0.25, -0.2) is 0 Å². The molecule has 1 rings (SSSR count). The molecule has 0 spiro atoms. The van der Waals surface area contributed by atoms with Gasteiger partial charge in [-0.2, -0.15) is 0 Å². The minimum absolute atomic E-state index is 0.344. The number of rotatable bonds is 0. The van der Waals surface area contributed by atoms with E-state index in [4.69, 9.17) is 0 Å². The predicted molar refractivity (Wildman–Crippen MR) is 45.7 cm³/mol. The summed E-state index contributed by atoms with van der Waals surface area (Å²) in [6.45, 7) is 5.31. The lowest BCUT2D eigenvalue weighted by molar-refractivity contribution is -0.172. The summed E-state index contributed by atoms with van der Waals surface area (Å²) >= 11 is 0. The normalized spacial score (nSPS) is 47.5. The first-order chi connectivity index (χ1) is 5.27. The molecule has 1 saturated carbocycles. The van der Waals surface area contributed by atoms with Gasteiger partial charge in [0, 0.05) is 11.8 Å². The minimum Gasteiger partial charge on any atom is -0.393 e. The molecule has 0 aliphatic heterocycles. The minimum atomic E-state index is -0.982. The van der Waals surface area contributed by atoms with Crippen LogP contribution < -0.4 is 0 Å². The van der Waals surface area contributed by atoms with Gasteiger partial charge in [0.15, 0.2) is 0 Å². The van der Waals surface area contributed by atoms with Crippen LogP contribution in [0.5, 0.6) is 0 Å². The van der Waals surface area contributed by atoms with Gasteiger partial charge >= 0.3 is 0 Å². The van der Waals surface area contributed by atoms with Gasteiger partial charge in [-0.3, -0.25) is 0 Å². The maximum absolute atomic E-state index is 9.92. The quantitative estimate of drug-likeness (QED) is 0.494. The van der Waals surface area contributed by atoms with E-state index in [1.165, 1.54) is 0 Å². The van der Waals surface area contributed by atoms with Gasteiger partial charge in [0.25, 0.3) is 0 Å². The Morgan fingerprint density at radius 3 is 2.08 bits per heavy atom. The third-order valence-electron chi connectivity index (χ3n) is 3.35. The Morgan fingerprint density at radius 1 is 1.17 bits per heavy atom. The second-order valence-corrected chi connectivity index (χ2v) is 4.60. The molecular formula is C9H18O3. The number of aliphatic hydroxyl groups is 3. The van der Waals surface area contributed by atoms with E-state index in [0.717, 1.165) is 0 Å². The summed E-state index contributed by atoms with van der Waals surface area (Å²) in [6.07, 6.45) is -0.500. The zero-order valence-corrected chi connectivity index (χ0v) is 7.91. The molecule has 3 heteroatoms. The van der Waals surface area contributed by atoms with Crippen LogP contribution in [0.3, 0.4) is 0 Å². The second kappa shape index (κ2) is 2.69. The summed E-state index contributed by atoms with van der Waals surface area (Å²) in [4.78, 5) is 0. The SMILES string of the molecule is CC1(O)CC(O)CC(O)C1(C)C. The average molecular weight is 174 g/mol. The van der Waals surface area contributed by atoms with E-state index < -0.39 is 23.2 Å². The molecule has 0 heterocycles. The van der Waals surface area contributed by atoms with E-state index in [2.05, 4.69) is 0 Å². The Balaban J connectivity index is 2.86. The fraction of sp³-hybridized carbons (Fsp3) is 1.00. The highest BCUT2D eigenvalue weighted by Crippen LogP contribution is 2.43. The molecule has 0 aromatic heterocycles. The molecule has 72 valence electrons. The summed E-state index contributed by atoms with van der Waals surface area (Å²) < 4.78 is 0. The van der Waals surface area contributed by atoms with Crippen LogP contribution in [-0.4, -0.2) is 33.1 Å². The Labute approximate surface area is 73.0 Å². The number of hydrogen-bond acceptors (Lipinski definition) is 3. The highest BCUT2D eigenvalue weighted by molar-refractivity contribution is 5.00. The van der Waals surface area contributed by atoms with Crippen LogP contribution >= 0.6 is 0 Å². The molecule has 0 aromatic rings. The fourth-order valence-corrected chi connectivity index (χ4v) is 1.72. The second-order valence-electron chi connectivity index (χ2n) is 4.60. The van der Waals surface area contributed by atoms with E-state index in [0.29, 0.717) is 12.8 Å². The molecular weight excluding hydrogens is 156 g/mol. The molecule has 3 unspecified atom stereocenters. The molecule has 3 atom stereocenters. The highest BCUT2D eigenvalue weighted by Gasteiger charge is 2.49. The summed E-state index contributed by atoms with van der Waals surface area (Å²) in [5.74, 6) is 0. The van der Waals surface area contributed by atoms with Crippen molar-refractivity contribution in [3.05, 3.63) is 0 Å². The molecule has 1 aliphatic rings. The van der Waals surface area contributed by atoms with Crippen LogP contribution in [0.15, 0.2) is 0 Å². The van der Waals surface area contributed by atoms with Crippen molar-refractivity contribution < 1.29 is 15.3 Å². The van der Waals surface area contributed by atoms with Crippen molar-refractivity contribution in [3.8, 4) is 0 Å². The molecule has 0 aromatic carbocycles. The molecule has 1 fully saturated rings. The zero-order chi connectivity index (χ0) is 9.57. The van der Waals surface area contributed by atoms with Crippen LogP contribution in [0.2, 0.25) is 0 Å². The lowest BCUT2D eigenvalue weighted by Gasteiger charge is -2.48. The van der Waals surface area contributed by atoms with Gasteiger partial charge in [0.1, 0.15) is 0 Å². The van der Waals surface area contributed by atoms with Gasteiger partial charge in [-0.05, 0) is 13.3 Å². The summed E-state index contributed by atoms with van der Waals surface area (Å²) in [5, 5.41) is 28.9. The highest BCUT2D eigenvalue weighted by atomic mass is 16.3. The Kier molecular flexibility index (Phi) is 2.23. The first-order valence-electron chi connectivity index (χ1n) is 4.36. The molecule has 3 nitrogen and oxygen atoms in total. The van der Waals surface area contributed by atoms with Crippen molar-refractivity contribution in [2.75, 3.05) is 0 Å². The van der Waals surface area contributed by atoms with E-state index >= 15 is 0 Å². The van der Waals surface area contributed by atoms with E-state index in [1.54, 1.807) is 6.92 Å². The predicted octanol–water partition coefficient (Wildman–Crippen LogP) is 0.279. The van der Waals surface area contributed by atoms with Gasteiger partial charge in [-0.15, -0.1) is 0 Å². The Hall–Kier alpha value is -0.120. The maximum atomic E-state index is 9.92. The van der Waals surface area contributed by atoms with Crippen LogP contribution in [0.1, 0.15) is 33.6 Å². The van der Waals surface area contributed by atoms with E-state index in [9.17, 15) is 15.3 Å². The van der Waals surface area contributed by atoms with Gasteiger partial charge < -0.3 is 15.3 Å². The number of aliphatic hydroxyl groups excluding tert-OH is 2. The Bertz CT molecular complexity index is 175. The largest absolute Gasteiger partial charge is 0.393 e. The summed E-state index contributed by atoms with van der Waals surface area (Å²) in [6, 6.07) is 0. The number of hydrogen-bond donors (Lipinski definition) is 3. The van der Waals surface area contributed by atoms with Crippen molar-refractivity contribution in [2.24, 2.45) is 5.41 Å². The van der Waals surface area contributed by atoms with Crippen molar-refractivity contribution in [1.29, 1.82) is 0 Å². The maximum Gasteiger partial charge on any atom is 0.0719 e. The third-order valence-corrected chi connectivity index (χ3v) is 3.35. The van der Waals surface area contributed by atoms with Crippen LogP contribution in [0, 0.1) is 5.41 Å². The summed E-state index contributed by atoms with van der Waals surface area (Å²) in [7, 11) is 0. The van der Waals surface area contributed by atoms with E-state index in [1.807, 2.05) is 13.8 Å². The van der Waals surface area contributed by atoms with Crippen molar-refractivity contribution in [1.82, 2.24) is 0 Å². The summed E-state index contributed by atoms with van der Waals surface area (Å²) in [5.41, 5.74) is -1.52. The third kappa shape index (κ3) is 1.37. The van der Waals surface area contributed by atoms with Gasteiger partial charge in [-0.1, -0.05) is 13.8 Å². The lowest BCUT2D eigenvalue weighted by Crippen LogP contribution is -2.56. The van der Waals surface area contributed by atoms with Crippen LogP contribution in [0.25, 0.3) is 0 Å². The molecule has 12 heavy (non-hydrogen) atoms. The van der Waals surface area contributed by atoms with Crippen molar-refractivity contribution in [2.45, 2.75) is 51.4 Å². The smallest absolute Gasteiger partial charge is 0.0719 e. The average Bonchev–Trinajstić information content (AvgIpc) is 1.82. The first kappa shape index (κ1) is 9.96. The van der Waals surface area contributed by atoms with Gasteiger partial charge in [0.05, 0.1) is 17.8 Å². The van der Waals surface area contributed by atoms with Crippen LogP contribution in [0.4, 0.5) is 0 Å². The molecule has 3 N–H and O–H groups in total. The molecule has 0 radical (unpaired) electrons. The molecule has 1 aliphatic carbocycles. The van der Waals surface area contributed by atoms with Gasteiger partial charge in [0.2, 0.25) is 0 Å². The Morgan fingerprint density at radius 2 is 1.67 bits per heavy atom. The fourth-order valence-electron chi connectivity index (χ4n) is 1.72. The van der Waals surface area contributed by atoms with Crippen LogP contribution in [-0.2, 0) is 0 Å². The van der Waals surface area contributed by atoms with Crippen molar-refractivity contribution >= 4 is 0 Å². The van der Waals surface area contributed by atoms with E-state index in [-0.39, 0.29) is 0 Å². The molecule has 0 bridgehead atoms. The standard InChI is InChI=1S/C9H18O3/c1-8(2)7(11)4-6(10)5-9(8,3)12/h6-7,10-12H,4-5H2,1-3H3. The molecule has 0 saturated heterocycles. The first-order valence-corrected chi connectivity index (χ1v) is 4.36. The lowest BCUT2D eigenvalue weighted by atomic mass is 9.64. The van der Waals surface area contributed by atoms with Crippen molar-refractivity contribution in [3.63, 3.8) is 0 Å². The topological polar surface area (TPSA) is 60.7 Å². The monoisotopic (exact) mass is 174 g/mol.